The number of alkyl halides is 1. The Balaban J connectivity index is 1.92. The monoisotopic (exact) mass is 212 g/mol. The van der Waals surface area contributed by atoms with Gasteiger partial charge in [-0.05, 0) is 19.4 Å². The zero-order chi connectivity index (χ0) is 10.7. The fourth-order valence-electron chi connectivity index (χ4n) is 2.08. The van der Waals surface area contributed by atoms with Crippen molar-refractivity contribution in [3.05, 3.63) is 12.2 Å². The second-order valence-electron chi connectivity index (χ2n) is 4.20. The molecule has 5 heteroatoms. The zero-order valence-electron chi connectivity index (χ0n) is 9.06. The molecule has 1 aromatic rings. The molecule has 0 radical (unpaired) electrons. The maximum Gasteiger partial charge on any atom is 0.140 e. The van der Waals surface area contributed by atoms with E-state index in [1.807, 2.05) is 7.05 Å². The molecule has 1 atom stereocenters. The molecule has 1 fully saturated rings. The highest BCUT2D eigenvalue weighted by Gasteiger charge is 2.20. The van der Waals surface area contributed by atoms with Gasteiger partial charge in [0.2, 0.25) is 0 Å². The van der Waals surface area contributed by atoms with Crippen LogP contribution in [0.4, 0.5) is 4.39 Å². The van der Waals surface area contributed by atoms with Gasteiger partial charge in [-0.25, -0.2) is 4.98 Å². The number of nitrogens with zero attached hydrogens (tertiary/aromatic N) is 4. The topological polar surface area (TPSA) is 34.0 Å². The van der Waals surface area contributed by atoms with Crippen LogP contribution < -0.4 is 0 Å². The molecule has 4 nitrogen and oxygen atoms in total. The van der Waals surface area contributed by atoms with E-state index in [1.165, 1.54) is 0 Å². The Labute approximate surface area is 89.1 Å². The molecule has 1 aromatic heterocycles. The van der Waals surface area contributed by atoms with Crippen molar-refractivity contribution >= 4 is 0 Å². The summed E-state index contributed by atoms with van der Waals surface area (Å²) in [4.78, 5) is 6.44. The van der Waals surface area contributed by atoms with Crippen LogP contribution >= 0.6 is 0 Å². The van der Waals surface area contributed by atoms with E-state index in [1.54, 1.807) is 11.0 Å². The molecule has 0 bridgehead atoms. The highest BCUT2D eigenvalue weighted by atomic mass is 19.1. The molecule has 1 unspecified atom stereocenters. The number of hydrogen-bond acceptors (Lipinski definition) is 3. The molecule has 1 aliphatic heterocycles. The Bertz CT molecular complexity index is 312. The molecule has 2 heterocycles. The third kappa shape index (κ3) is 2.53. The van der Waals surface area contributed by atoms with Gasteiger partial charge in [-0.3, -0.25) is 14.0 Å². The van der Waals surface area contributed by atoms with E-state index in [0.717, 1.165) is 38.3 Å². The van der Waals surface area contributed by atoms with Gasteiger partial charge >= 0.3 is 0 Å². The average molecular weight is 212 g/mol. The lowest BCUT2D eigenvalue weighted by atomic mass is 10.00. The molecule has 1 aliphatic rings. The molecular weight excluding hydrogens is 195 g/mol. The van der Waals surface area contributed by atoms with Crippen molar-refractivity contribution in [3.63, 3.8) is 0 Å². The molecular formula is C10H17FN4. The smallest absolute Gasteiger partial charge is 0.140 e. The SMILES string of the molecule is Cn1ncnc1CN1CCCC(CF)C1. The van der Waals surface area contributed by atoms with Crippen LogP contribution in [0.2, 0.25) is 0 Å². The molecule has 0 aliphatic carbocycles. The average Bonchev–Trinajstić information content (AvgIpc) is 2.65. The van der Waals surface area contributed by atoms with Gasteiger partial charge in [0.15, 0.2) is 0 Å². The Hall–Kier alpha value is -0.970. The van der Waals surface area contributed by atoms with Gasteiger partial charge in [0, 0.05) is 19.5 Å². The van der Waals surface area contributed by atoms with Crippen molar-refractivity contribution < 1.29 is 4.39 Å². The standard InChI is InChI=1S/C10H17FN4/c1-14-10(12-8-13-14)7-15-4-2-3-9(5-11)6-15/h8-9H,2-7H2,1H3. The summed E-state index contributed by atoms with van der Waals surface area (Å²) in [5, 5.41) is 4.03. The van der Waals surface area contributed by atoms with E-state index in [4.69, 9.17) is 0 Å². The van der Waals surface area contributed by atoms with Crippen LogP contribution in [0.1, 0.15) is 18.7 Å². The van der Waals surface area contributed by atoms with Gasteiger partial charge < -0.3 is 0 Å². The van der Waals surface area contributed by atoms with Crippen LogP contribution in [0.15, 0.2) is 6.33 Å². The number of aromatic nitrogens is 3. The molecule has 0 spiro atoms. The van der Waals surface area contributed by atoms with Crippen LogP contribution in [0.25, 0.3) is 0 Å². The number of likely N-dealkylation sites (tertiary alicyclic amines) is 1. The van der Waals surface area contributed by atoms with E-state index in [9.17, 15) is 4.39 Å². The Morgan fingerprint density at radius 2 is 2.47 bits per heavy atom. The van der Waals surface area contributed by atoms with Crippen molar-refractivity contribution in [2.24, 2.45) is 13.0 Å². The Morgan fingerprint density at radius 1 is 1.60 bits per heavy atom. The summed E-state index contributed by atoms with van der Waals surface area (Å²) in [6, 6.07) is 0. The van der Waals surface area contributed by atoms with E-state index < -0.39 is 0 Å². The summed E-state index contributed by atoms with van der Waals surface area (Å²) in [7, 11) is 1.89. The summed E-state index contributed by atoms with van der Waals surface area (Å²) in [5.41, 5.74) is 0. The second-order valence-corrected chi connectivity index (χ2v) is 4.20. The predicted octanol–water partition coefficient (Wildman–Crippen LogP) is 0.997. The van der Waals surface area contributed by atoms with Gasteiger partial charge in [0.1, 0.15) is 12.2 Å². The minimum absolute atomic E-state index is 0.199. The normalized spacial score (nSPS) is 23.2. The molecule has 84 valence electrons. The largest absolute Gasteiger partial charge is 0.296 e. The van der Waals surface area contributed by atoms with E-state index in [2.05, 4.69) is 15.0 Å². The lowest BCUT2D eigenvalue weighted by Gasteiger charge is -2.30. The van der Waals surface area contributed by atoms with Crippen molar-refractivity contribution in [3.8, 4) is 0 Å². The van der Waals surface area contributed by atoms with E-state index >= 15 is 0 Å². The second kappa shape index (κ2) is 4.70. The van der Waals surface area contributed by atoms with Crippen LogP contribution in [-0.2, 0) is 13.6 Å². The van der Waals surface area contributed by atoms with Gasteiger partial charge in [0.05, 0.1) is 13.2 Å². The van der Waals surface area contributed by atoms with Gasteiger partial charge in [-0.1, -0.05) is 0 Å². The summed E-state index contributed by atoms with van der Waals surface area (Å²) >= 11 is 0. The minimum atomic E-state index is -0.199. The van der Waals surface area contributed by atoms with Crippen molar-refractivity contribution in [1.29, 1.82) is 0 Å². The molecule has 0 amide bonds. The summed E-state index contributed by atoms with van der Waals surface area (Å²) in [6.45, 7) is 2.48. The van der Waals surface area contributed by atoms with Crippen LogP contribution in [0, 0.1) is 5.92 Å². The van der Waals surface area contributed by atoms with Crippen molar-refractivity contribution in [2.45, 2.75) is 19.4 Å². The molecule has 0 N–H and O–H groups in total. The first kappa shape index (κ1) is 10.5. The third-order valence-corrected chi connectivity index (χ3v) is 2.99. The van der Waals surface area contributed by atoms with E-state index in [-0.39, 0.29) is 12.6 Å². The van der Waals surface area contributed by atoms with E-state index in [0.29, 0.717) is 0 Å². The first-order valence-electron chi connectivity index (χ1n) is 5.41. The van der Waals surface area contributed by atoms with Gasteiger partial charge in [-0.2, -0.15) is 5.10 Å². The number of rotatable bonds is 3. The number of halogens is 1. The molecule has 0 aromatic carbocycles. The fourth-order valence-corrected chi connectivity index (χ4v) is 2.08. The highest BCUT2D eigenvalue weighted by Crippen LogP contribution is 2.17. The zero-order valence-corrected chi connectivity index (χ0v) is 9.06. The first-order valence-corrected chi connectivity index (χ1v) is 5.41. The third-order valence-electron chi connectivity index (χ3n) is 2.99. The maximum absolute atomic E-state index is 12.6. The maximum atomic E-state index is 12.6. The summed E-state index contributed by atoms with van der Waals surface area (Å²) in [6.07, 6.45) is 3.67. The van der Waals surface area contributed by atoms with Crippen molar-refractivity contribution in [1.82, 2.24) is 19.7 Å². The summed E-state index contributed by atoms with van der Waals surface area (Å²) < 4.78 is 14.3. The van der Waals surface area contributed by atoms with Gasteiger partial charge in [-0.15, -0.1) is 0 Å². The number of hydrogen-bond donors (Lipinski definition) is 0. The lowest BCUT2D eigenvalue weighted by Crippen LogP contribution is -2.36. The van der Waals surface area contributed by atoms with Crippen LogP contribution in [0.3, 0.4) is 0 Å². The van der Waals surface area contributed by atoms with Crippen LogP contribution in [0.5, 0.6) is 0 Å². The van der Waals surface area contributed by atoms with Crippen molar-refractivity contribution in [2.75, 3.05) is 19.8 Å². The number of piperidine rings is 1. The molecule has 2 rings (SSSR count). The van der Waals surface area contributed by atoms with Gasteiger partial charge in [0.25, 0.3) is 0 Å². The highest BCUT2D eigenvalue weighted by molar-refractivity contribution is 4.85. The Morgan fingerprint density at radius 3 is 3.13 bits per heavy atom. The van der Waals surface area contributed by atoms with Crippen LogP contribution in [-0.4, -0.2) is 39.4 Å². The minimum Gasteiger partial charge on any atom is -0.296 e. The molecule has 15 heavy (non-hydrogen) atoms. The Kier molecular flexibility index (Phi) is 3.30. The summed E-state index contributed by atoms with van der Waals surface area (Å²) in [5.74, 6) is 1.17. The molecule has 0 saturated carbocycles. The quantitative estimate of drug-likeness (QED) is 0.749. The lowest BCUT2D eigenvalue weighted by molar-refractivity contribution is 0.143. The fraction of sp³-hybridized carbons (Fsp3) is 0.800. The predicted molar refractivity (Wildman–Crippen MR) is 55.0 cm³/mol. The molecule has 1 saturated heterocycles. The number of aryl methyl sites for hydroxylation is 1. The first-order chi connectivity index (χ1) is 7.29.